The van der Waals surface area contributed by atoms with E-state index >= 15 is 0 Å². The first kappa shape index (κ1) is 13.1. The van der Waals surface area contributed by atoms with Crippen LogP contribution in [-0.4, -0.2) is 6.04 Å². The van der Waals surface area contributed by atoms with Crippen LogP contribution in [0.15, 0.2) is 48.5 Å². The molecule has 0 bridgehead atoms. The topological polar surface area (TPSA) is 21.3 Å². The lowest BCUT2D eigenvalue weighted by atomic mass is 10.1. The third-order valence-corrected chi connectivity index (χ3v) is 3.50. The number of halogens is 1. The van der Waals surface area contributed by atoms with Gasteiger partial charge in [-0.15, -0.1) is 0 Å². The highest BCUT2D eigenvalue weighted by atomic mass is 19.1. The summed E-state index contributed by atoms with van der Waals surface area (Å²) in [6.45, 7) is 1.24. The molecule has 0 unspecified atom stereocenters. The molecule has 1 saturated carbocycles. The molecule has 20 heavy (non-hydrogen) atoms. The number of hydrogen-bond donors (Lipinski definition) is 1. The molecule has 0 radical (unpaired) electrons. The van der Waals surface area contributed by atoms with Crippen LogP contribution in [0.5, 0.6) is 5.75 Å². The van der Waals surface area contributed by atoms with Crippen LogP contribution in [0, 0.1) is 5.82 Å². The number of benzene rings is 2. The summed E-state index contributed by atoms with van der Waals surface area (Å²) in [6.07, 6.45) is 2.54. The fraction of sp³-hybridized carbons (Fsp3) is 0.294. The number of nitrogens with one attached hydrogen (secondary N) is 1. The Kier molecular flexibility index (Phi) is 3.97. The van der Waals surface area contributed by atoms with Crippen molar-refractivity contribution in [3.63, 3.8) is 0 Å². The lowest BCUT2D eigenvalue weighted by molar-refractivity contribution is 0.289. The van der Waals surface area contributed by atoms with E-state index in [-0.39, 0.29) is 5.82 Å². The maximum absolute atomic E-state index is 13.5. The molecule has 2 aromatic rings. The fourth-order valence-corrected chi connectivity index (χ4v) is 2.13. The zero-order chi connectivity index (χ0) is 13.8. The van der Waals surface area contributed by atoms with E-state index in [1.165, 1.54) is 24.5 Å². The van der Waals surface area contributed by atoms with E-state index in [0.717, 1.165) is 12.1 Å². The van der Waals surface area contributed by atoms with Crippen molar-refractivity contribution in [1.82, 2.24) is 5.32 Å². The van der Waals surface area contributed by atoms with Gasteiger partial charge in [-0.1, -0.05) is 36.4 Å². The minimum Gasteiger partial charge on any atom is -0.486 e. The van der Waals surface area contributed by atoms with Crippen molar-refractivity contribution in [1.29, 1.82) is 0 Å². The molecule has 1 fully saturated rings. The van der Waals surface area contributed by atoms with Crippen molar-refractivity contribution in [2.45, 2.75) is 32.0 Å². The molecule has 1 N–H and O–H groups in total. The van der Waals surface area contributed by atoms with Crippen molar-refractivity contribution in [2.75, 3.05) is 0 Å². The fourth-order valence-electron chi connectivity index (χ4n) is 2.13. The summed E-state index contributed by atoms with van der Waals surface area (Å²) in [6, 6.07) is 15.3. The van der Waals surface area contributed by atoms with E-state index < -0.39 is 0 Å². The minimum absolute atomic E-state index is 0.303. The monoisotopic (exact) mass is 271 g/mol. The number of para-hydroxylation sites is 1. The average Bonchev–Trinajstić information content (AvgIpc) is 3.29. The molecule has 0 saturated heterocycles. The smallest absolute Gasteiger partial charge is 0.165 e. The second-order valence-corrected chi connectivity index (χ2v) is 5.14. The van der Waals surface area contributed by atoms with Crippen LogP contribution in [0.1, 0.15) is 24.0 Å². The van der Waals surface area contributed by atoms with Gasteiger partial charge in [0.25, 0.3) is 0 Å². The van der Waals surface area contributed by atoms with Gasteiger partial charge in [0, 0.05) is 12.6 Å². The van der Waals surface area contributed by atoms with Crippen LogP contribution in [0.3, 0.4) is 0 Å². The minimum atomic E-state index is -0.318. The molecule has 0 aromatic heterocycles. The first-order chi connectivity index (χ1) is 9.83. The zero-order valence-electron chi connectivity index (χ0n) is 11.3. The van der Waals surface area contributed by atoms with Crippen LogP contribution in [0.4, 0.5) is 4.39 Å². The van der Waals surface area contributed by atoms with Crippen LogP contribution in [0.25, 0.3) is 0 Å². The van der Waals surface area contributed by atoms with Crippen LogP contribution < -0.4 is 10.1 Å². The molecule has 0 spiro atoms. The Morgan fingerprint density at radius 3 is 2.45 bits per heavy atom. The molecule has 2 aromatic carbocycles. The molecule has 104 valence electrons. The van der Waals surface area contributed by atoms with Gasteiger partial charge in [0.15, 0.2) is 11.6 Å². The van der Waals surface area contributed by atoms with Crippen LogP contribution >= 0.6 is 0 Å². The second-order valence-electron chi connectivity index (χ2n) is 5.14. The molecule has 2 nitrogen and oxygen atoms in total. The molecule has 1 aliphatic carbocycles. The van der Waals surface area contributed by atoms with Gasteiger partial charge >= 0.3 is 0 Å². The van der Waals surface area contributed by atoms with E-state index in [2.05, 4.69) is 11.4 Å². The molecular formula is C17H18FNO. The Labute approximate surface area is 118 Å². The highest BCUT2D eigenvalue weighted by Gasteiger charge is 2.20. The quantitative estimate of drug-likeness (QED) is 0.865. The molecule has 0 heterocycles. The van der Waals surface area contributed by atoms with E-state index in [1.807, 2.05) is 18.2 Å². The first-order valence-electron chi connectivity index (χ1n) is 7.00. The summed E-state index contributed by atoms with van der Waals surface area (Å²) < 4.78 is 19.1. The van der Waals surface area contributed by atoms with Gasteiger partial charge in [0.05, 0.1) is 0 Å². The molecule has 1 aliphatic rings. The number of hydrogen-bond acceptors (Lipinski definition) is 2. The summed E-state index contributed by atoms with van der Waals surface area (Å²) in [4.78, 5) is 0. The van der Waals surface area contributed by atoms with Crippen molar-refractivity contribution in [3.8, 4) is 5.75 Å². The van der Waals surface area contributed by atoms with Gasteiger partial charge in [-0.25, -0.2) is 4.39 Å². The molecule has 0 atom stereocenters. The van der Waals surface area contributed by atoms with Crippen molar-refractivity contribution >= 4 is 0 Å². The maximum Gasteiger partial charge on any atom is 0.165 e. The summed E-state index contributed by atoms with van der Waals surface area (Å²) in [7, 11) is 0. The van der Waals surface area contributed by atoms with Crippen molar-refractivity contribution in [3.05, 3.63) is 65.5 Å². The van der Waals surface area contributed by atoms with Gasteiger partial charge in [-0.05, 0) is 36.1 Å². The van der Waals surface area contributed by atoms with Gasteiger partial charge in [-0.2, -0.15) is 0 Å². The highest BCUT2D eigenvalue weighted by Crippen LogP contribution is 2.21. The molecule has 3 heteroatoms. The van der Waals surface area contributed by atoms with E-state index in [0.29, 0.717) is 18.4 Å². The summed E-state index contributed by atoms with van der Waals surface area (Å²) in [5.74, 6) is -0.0152. The normalized spacial score (nSPS) is 14.2. The maximum atomic E-state index is 13.5. The number of rotatable bonds is 6. The van der Waals surface area contributed by atoms with E-state index in [1.54, 1.807) is 18.2 Å². The summed E-state index contributed by atoms with van der Waals surface area (Å²) >= 11 is 0. The number of ether oxygens (including phenoxy) is 1. The summed E-state index contributed by atoms with van der Waals surface area (Å²) in [5, 5.41) is 3.49. The Morgan fingerprint density at radius 1 is 1.00 bits per heavy atom. The predicted octanol–water partition coefficient (Wildman–Crippen LogP) is 3.66. The van der Waals surface area contributed by atoms with Crippen molar-refractivity contribution in [2.24, 2.45) is 0 Å². The van der Waals surface area contributed by atoms with Gasteiger partial charge < -0.3 is 10.1 Å². The lowest BCUT2D eigenvalue weighted by Gasteiger charge is -2.12. The second kappa shape index (κ2) is 6.06. The Balaban J connectivity index is 1.65. The SMILES string of the molecule is Fc1ccccc1OCc1ccccc1CNC1CC1. The largest absolute Gasteiger partial charge is 0.486 e. The average molecular weight is 271 g/mol. The Bertz CT molecular complexity index is 581. The zero-order valence-corrected chi connectivity index (χ0v) is 11.3. The molecule has 3 rings (SSSR count). The van der Waals surface area contributed by atoms with Gasteiger partial charge in [0.2, 0.25) is 0 Å². The third kappa shape index (κ3) is 3.36. The highest BCUT2D eigenvalue weighted by molar-refractivity contribution is 5.28. The Morgan fingerprint density at radius 2 is 1.70 bits per heavy atom. The molecule has 0 aliphatic heterocycles. The van der Waals surface area contributed by atoms with Gasteiger partial charge in [-0.3, -0.25) is 0 Å². The van der Waals surface area contributed by atoms with Crippen LogP contribution in [0.2, 0.25) is 0 Å². The predicted molar refractivity (Wildman–Crippen MR) is 77.0 cm³/mol. The molecular weight excluding hydrogens is 253 g/mol. The van der Waals surface area contributed by atoms with E-state index in [4.69, 9.17) is 4.74 Å². The lowest BCUT2D eigenvalue weighted by Crippen LogP contribution is -2.16. The first-order valence-corrected chi connectivity index (χ1v) is 7.00. The van der Waals surface area contributed by atoms with Crippen LogP contribution in [-0.2, 0) is 13.2 Å². The third-order valence-electron chi connectivity index (χ3n) is 3.50. The Hall–Kier alpha value is -1.87. The van der Waals surface area contributed by atoms with Gasteiger partial charge in [0.1, 0.15) is 6.61 Å². The standard InChI is InChI=1S/C17H18FNO/c18-16-7-3-4-8-17(16)20-12-14-6-2-1-5-13(14)11-19-15-9-10-15/h1-8,15,19H,9-12H2. The molecule has 0 amide bonds. The van der Waals surface area contributed by atoms with E-state index in [9.17, 15) is 4.39 Å². The summed E-state index contributed by atoms with van der Waals surface area (Å²) in [5.41, 5.74) is 2.32. The van der Waals surface area contributed by atoms with Crippen molar-refractivity contribution < 1.29 is 9.13 Å².